The SMILES string of the molecule is O=C(CSc1nc2ccccc2c(=O)n1C1CC1)Nc1ccccc1C(=O)Nc1ccccc1. The van der Waals surface area contributed by atoms with Crippen molar-refractivity contribution in [1.29, 1.82) is 0 Å². The highest BCUT2D eigenvalue weighted by Crippen LogP contribution is 2.36. The largest absolute Gasteiger partial charge is 0.325 e. The third kappa shape index (κ3) is 4.72. The number of carbonyl (C=O) groups excluding carboxylic acids is 2. The van der Waals surface area contributed by atoms with Crippen molar-refractivity contribution in [1.82, 2.24) is 9.55 Å². The number of fused-ring (bicyclic) bond motifs is 1. The van der Waals surface area contributed by atoms with Crippen LogP contribution in [-0.2, 0) is 4.79 Å². The van der Waals surface area contributed by atoms with Crippen LogP contribution in [0.25, 0.3) is 10.9 Å². The first kappa shape index (κ1) is 21.9. The monoisotopic (exact) mass is 470 g/mol. The standard InChI is InChI=1S/C26H22N4O3S/c31-23(28-21-12-6-4-10-19(21)24(32)27-17-8-2-1-3-9-17)16-34-26-29-22-13-7-5-11-20(22)25(33)30(26)18-14-15-18/h1-13,18H,14-16H2,(H,27,32)(H,28,31). The van der Waals surface area contributed by atoms with Crippen molar-refractivity contribution in [3.05, 3.63) is 94.8 Å². The molecule has 0 saturated heterocycles. The first-order valence-electron chi connectivity index (χ1n) is 11.0. The summed E-state index contributed by atoms with van der Waals surface area (Å²) in [4.78, 5) is 43.2. The van der Waals surface area contributed by atoms with E-state index in [1.54, 1.807) is 53.1 Å². The lowest BCUT2D eigenvalue weighted by Crippen LogP contribution is -2.24. The van der Waals surface area contributed by atoms with Crippen LogP contribution in [0, 0.1) is 0 Å². The van der Waals surface area contributed by atoms with Crippen molar-refractivity contribution in [2.75, 3.05) is 16.4 Å². The van der Waals surface area contributed by atoms with Crippen molar-refractivity contribution in [3.8, 4) is 0 Å². The number of carbonyl (C=O) groups is 2. The lowest BCUT2D eigenvalue weighted by molar-refractivity contribution is -0.113. The number of anilines is 2. The number of hydrogen-bond acceptors (Lipinski definition) is 5. The fourth-order valence-electron chi connectivity index (χ4n) is 3.71. The minimum Gasteiger partial charge on any atom is -0.325 e. The fraction of sp³-hybridized carbons (Fsp3) is 0.154. The molecule has 7 nitrogen and oxygen atoms in total. The summed E-state index contributed by atoms with van der Waals surface area (Å²) >= 11 is 1.23. The zero-order chi connectivity index (χ0) is 23.5. The number of para-hydroxylation sites is 3. The van der Waals surface area contributed by atoms with Crippen LogP contribution in [0.3, 0.4) is 0 Å². The van der Waals surface area contributed by atoms with Crippen LogP contribution in [0.1, 0.15) is 29.2 Å². The number of nitrogens with one attached hydrogen (secondary N) is 2. The molecule has 1 fully saturated rings. The van der Waals surface area contributed by atoms with Gasteiger partial charge in [0.2, 0.25) is 5.91 Å². The average molecular weight is 471 g/mol. The summed E-state index contributed by atoms with van der Waals surface area (Å²) in [6.07, 6.45) is 1.87. The van der Waals surface area contributed by atoms with Gasteiger partial charge in [-0.2, -0.15) is 0 Å². The fourth-order valence-corrected chi connectivity index (χ4v) is 4.57. The predicted molar refractivity (Wildman–Crippen MR) is 134 cm³/mol. The quantitative estimate of drug-likeness (QED) is 0.301. The Kier molecular flexibility index (Phi) is 6.14. The lowest BCUT2D eigenvalue weighted by Gasteiger charge is -2.13. The molecule has 170 valence electrons. The van der Waals surface area contributed by atoms with E-state index >= 15 is 0 Å². The number of benzene rings is 3. The second-order valence-corrected chi connectivity index (χ2v) is 8.96. The van der Waals surface area contributed by atoms with Crippen LogP contribution in [0.4, 0.5) is 11.4 Å². The normalized spacial score (nSPS) is 12.9. The van der Waals surface area contributed by atoms with Crippen LogP contribution in [0.15, 0.2) is 88.8 Å². The Morgan fingerprint density at radius 2 is 1.62 bits per heavy atom. The van der Waals surface area contributed by atoms with Crippen molar-refractivity contribution >= 4 is 45.9 Å². The maximum absolute atomic E-state index is 13.0. The van der Waals surface area contributed by atoms with Crippen LogP contribution < -0.4 is 16.2 Å². The molecule has 1 aliphatic rings. The van der Waals surface area contributed by atoms with Crippen molar-refractivity contribution in [3.63, 3.8) is 0 Å². The molecule has 0 radical (unpaired) electrons. The predicted octanol–water partition coefficient (Wildman–Crippen LogP) is 4.71. The number of rotatable bonds is 7. The van der Waals surface area contributed by atoms with Gasteiger partial charge >= 0.3 is 0 Å². The molecule has 34 heavy (non-hydrogen) atoms. The second kappa shape index (κ2) is 9.52. The van der Waals surface area contributed by atoms with Gasteiger partial charge in [0, 0.05) is 11.7 Å². The zero-order valence-electron chi connectivity index (χ0n) is 18.2. The van der Waals surface area contributed by atoms with E-state index in [4.69, 9.17) is 0 Å². The molecule has 4 aromatic rings. The van der Waals surface area contributed by atoms with Crippen LogP contribution in [0.2, 0.25) is 0 Å². The molecular weight excluding hydrogens is 448 g/mol. The molecule has 2 N–H and O–H groups in total. The van der Waals surface area contributed by atoms with E-state index in [0.29, 0.717) is 33.0 Å². The van der Waals surface area contributed by atoms with E-state index in [0.717, 1.165) is 12.8 Å². The molecule has 1 heterocycles. The highest BCUT2D eigenvalue weighted by Gasteiger charge is 2.28. The number of thioether (sulfide) groups is 1. The van der Waals surface area contributed by atoms with Gasteiger partial charge in [-0.1, -0.05) is 54.2 Å². The number of hydrogen-bond donors (Lipinski definition) is 2. The smallest absolute Gasteiger partial charge is 0.262 e. The number of nitrogens with zero attached hydrogens (tertiary/aromatic N) is 2. The van der Waals surface area contributed by atoms with Gasteiger partial charge in [-0.25, -0.2) is 4.98 Å². The second-order valence-electron chi connectivity index (χ2n) is 8.02. The Labute approximate surface area is 200 Å². The summed E-state index contributed by atoms with van der Waals surface area (Å²) in [6.45, 7) is 0. The first-order chi connectivity index (χ1) is 16.6. The number of aromatic nitrogens is 2. The molecule has 3 aromatic carbocycles. The van der Waals surface area contributed by atoms with Crippen molar-refractivity contribution in [2.45, 2.75) is 24.0 Å². The highest BCUT2D eigenvalue weighted by atomic mass is 32.2. The van der Waals surface area contributed by atoms with Crippen LogP contribution >= 0.6 is 11.8 Å². The van der Waals surface area contributed by atoms with Gasteiger partial charge in [0.25, 0.3) is 11.5 Å². The molecule has 2 amide bonds. The molecule has 1 saturated carbocycles. The third-order valence-electron chi connectivity index (χ3n) is 5.50. The van der Waals surface area contributed by atoms with E-state index in [1.165, 1.54) is 11.8 Å². The summed E-state index contributed by atoms with van der Waals surface area (Å²) in [7, 11) is 0. The van der Waals surface area contributed by atoms with Gasteiger partial charge in [-0.15, -0.1) is 0 Å². The molecule has 1 aromatic heterocycles. The average Bonchev–Trinajstić information content (AvgIpc) is 3.69. The van der Waals surface area contributed by atoms with E-state index in [2.05, 4.69) is 15.6 Å². The maximum atomic E-state index is 13.0. The molecule has 0 bridgehead atoms. The minimum absolute atomic E-state index is 0.0616. The summed E-state index contributed by atoms with van der Waals surface area (Å²) in [5, 5.41) is 6.79. The first-order valence-corrected chi connectivity index (χ1v) is 12.0. The molecule has 0 atom stereocenters. The Morgan fingerprint density at radius 1 is 0.912 bits per heavy atom. The lowest BCUT2D eigenvalue weighted by atomic mass is 10.1. The van der Waals surface area contributed by atoms with Gasteiger partial charge < -0.3 is 10.6 Å². The zero-order valence-corrected chi connectivity index (χ0v) is 19.0. The molecular formula is C26H22N4O3S. The Balaban J connectivity index is 1.32. The molecule has 0 unspecified atom stereocenters. The van der Waals surface area contributed by atoms with Gasteiger partial charge in [-0.05, 0) is 49.2 Å². The molecule has 8 heteroatoms. The maximum Gasteiger partial charge on any atom is 0.262 e. The van der Waals surface area contributed by atoms with Crippen LogP contribution in [-0.4, -0.2) is 27.1 Å². The number of amides is 2. The van der Waals surface area contributed by atoms with E-state index in [-0.39, 0.29) is 29.2 Å². The van der Waals surface area contributed by atoms with E-state index in [9.17, 15) is 14.4 Å². The Morgan fingerprint density at radius 3 is 2.41 bits per heavy atom. The summed E-state index contributed by atoms with van der Waals surface area (Å²) in [5.41, 5.74) is 2.01. The Bertz CT molecular complexity index is 1430. The van der Waals surface area contributed by atoms with Crippen molar-refractivity contribution < 1.29 is 9.59 Å². The van der Waals surface area contributed by atoms with Gasteiger partial charge in [0.05, 0.1) is 27.9 Å². The minimum atomic E-state index is -0.312. The van der Waals surface area contributed by atoms with E-state index < -0.39 is 0 Å². The topological polar surface area (TPSA) is 93.1 Å². The van der Waals surface area contributed by atoms with Crippen LogP contribution in [0.5, 0.6) is 0 Å². The van der Waals surface area contributed by atoms with E-state index in [1.807, 2.05) is 30.3 Å². The summed E-state index contributed by atoms with van der Waals surface area (Å²) in [6, 6.07) is 23.4. The third-order valence-corrected chi connectivity index (χ3v) is 6.45. The van der Waals surface area contributed by atoms with Gasteiger partial charge in [0.15, 0.2) is 5.16 Å². The molecule has 0 aliphatic heterocycles. The summed E-state index contributed by atoms with van der Waals surface area (Å²) in [5.74, 6) is -0.533. The molecule has 5 rings (SSSR count). The van der Waals surface area contributed by atoms with Crippen molar-refractivity contribution in [2.24, 2.45) is 0 Å². The molecule has 1 aliphatic carbocycles. The molecule has 0 spiro atoms. The van der Waals surface area contributed by atoms with Gasteiger partial charge in [-0.3, -0.25) is 19.0 Å². The summed E-state index contributed by atoms with van der Waals surface area (Å²) < 4.78 is 1.71. The van der Waals surface area contributed by atoms with Gasteiger partial charge in [0.1, 0.15) is 0 Å². The Hall–Kier alpha value is -3.91. The highest BCUT2D eigenvalue weighted by molar-refractivity contribution is 7.99.